The van der Waals surface area contributed by atoms with Gasteiger partial charge in [0.2, 0.25) is 5.78 Å². The van der Waals surface area contributed by atoms with Gasteiger partial charge >= 0.3 is 5.97 Å². The van der Waals surface area contributed by atoms with E-state index in [2.05, 4.69) is 15.5 Å². The number of primary amides is 1. The van der Waals surface area contributed by atoms with E-state index in [1.807, 2.05) is 0 Å². The van der Waals surface area contributed by atoms with Crippen molar-refractivity contribution in [1.82, 2.24) is 15.1 Å². The number of aliphatic hydroxyl groups is 3. The second-order valence-corrected chi connectivity index (χ2v) is 13.6. The minimum Gasteiger partial charge on any atom is -0.508 e. The zero-order valence-electron chi connectivity index (χ0n) is 27.7. The Balaban J connectivity index is 1.57. The van der Waals surface area contributed by atoms with Gasteiger partial charge in [0.1, 0.15) is 28.5 Å². The standard InChI is InChI=1S/C35H35N5O10/c1-33-13-19-18(15-10-16(32(48)50-5)12-17(11-15)38-31(47)20-8-9-37-39-20)6-7-21(41)22(19)25(42)24(33)29(45)35(49)28(44)23(30(36)46)26(43)27(40(3)4)34(35,2)14-33/h6-12,27,41-42,44,49H,13-14H2,1-5H3,(H2,36,46)(H,37,39)(H,38,47)/t27-,33+,34+,35-/m1/s1. The van der Waals surface area contributed by atoms with Crippen LogP contribution in [0, 0.1) is 10.8 Å². The van der Waals surface area contributed by atoms with Gasteiger partial charge in [0, 0.05) is 28.3 Å². The van der Waals surface area contributed by atoms with Crippen molar-refractivity contribution in [3.05, 3.63) is 81.9 Å². The number of carbonyl (C=O) groups excluding carboxylic acids is 5. The zero-order valence-corrected chi connectivity index (χ0v) is 27.7. The van der Waals surface area contributed by atoms with Gasteiger partial charge < -0.3 is 36.2 Å². The molecule has 0 saturated heterocycles. The lowest BCUT2D eigenvalue weighted by Crippen LogP contribution is -2.72. The molecule has 3 aromatic rings. The summed E-state index contributed by atoms with van der Waals surface area (Å²) in [6, 6.07) is 7.48. The minimum atomic E-state index is -2.86. The number of hydrogen-bond acceptors (Lipinski definition) is 12. The number of H-pyrrole nitrogens is 1. The molecule has 8 N–H and O–H groups in total. The lowest BCUT2D eigenvalue weighted by Gasteiger charge is -2.59. The molecule has 0 radical (unpaired) electrons. The molecule has 3 aliphatic carbocycles. The maximum absolute atomic E-state index is 14.5. The smallest absolute Gasteiger partial charge is 0.337 e. The molecule has 1 saturated carbocycles. The molecule has 0 spiro atoms. The molecule has 1 heterocycles. The van der Waals surface area contributed by atoms with Crippen LogP contribution in [0.15, 0.2) is 59.5 Å². The first-order valence-electron chi connectivity index (χ1n) is 15.5. The Morgan fingerprint density at radius 2 is 1.78 bits per heavy atom. The number of aromatic nitrogens is 2. The first-order valence-corrected chi connectivity index (χ1v) is 15.5. The van der Waals surface area contributed by atoms with E-state index in [1.54, 1.807) is 19.1 Å². The van der Waals surface area contributed by atoms with Crippen molar-refractivity contribution < 1.29 is 49.1 Å². The molecule has 6 rings (SSSR count). The van der Waals surface area contributed by atoms with Crippen LogP contribution in [0.3, 0.4) is 0 Å². The molecule has 2 amide bonds. The number of anilines is 1. The van der Waals surface area contributed by atoms with Crippen LogP contribution in [0.5, 0.6) is 5.75 Å². The van der Waals surface area contributed by atoms with Crippen LogP contribution in [0.4, 0.5) is 5.69 Å². The van der Waals surface area contributed by atoms with Crippen molar-refractivity contribution >= 4 is 40.8 Å². The van der Waals surface area contributed by atoms with Gasteiger partial charge in [-0.05, 0) is 74.0 Å². The second-order valence-electron chi connectivity index (χ2n) is 13.6. The maximum atomic E-state index is 14.5. The number of phenols is 1. The van der Waals surface area contributed by atoms with Crippen LogP contribution < -0.4 is 11.1 Å². The van der Waals surface area contributed by atoms with Gasteiger partial charge in [-0.3, -0.25) is 29.2 Å². The average molecular weight is 686 g/mol. The first kappa shape index (κ1) is 34.1. The predicted molar refractivity (Wildman–Crippen MR) is 177 cm³/mol. The summed E-state index contributed by atoms with van der Waals surface area (Å²) >= 11 is 0. The van der Waals surface area contributed by atoms with Crippen molar-refractivity contribution in [1.29, 1.82) is 0 Å². The SMILES string of the molecule is COC(=O)c1cc(NC(=O)c2ccn[nH]2)cc(-c2ccc(O)c3c2C[C@@]2(C)C[C@@]4(C)[C@H](N(C)C)C(=O)C(C(N)=O)=C(O)[C@@]4(O)C(=O)C2=C3O)c1. The van der Waals surface area contributed by atoms with E-state index in [1.165, 1.54) is 63.5 Å². The molecule has 0 aliphatic heterocycles. The van der Waals surface area contributed by atoms with E-state index in [0.717, 1.165) is 0 Å². The summed E-state index contributed by atoms with van der Waals surface area (Å²) < 4.78 is 4.95. The number of nitrogens with two attached hydrogens (primary N) is 1. The van der Waals surface area contributed by atoms with E-state index in [4.69, 9.17) is 10.5 Å². The number of amides is 2. The van der Waals surface area contributed by atoms with Crippen molar-refractivity contribution in [2.24, 2.45) is 16.6 Å². The molecule has 1 fully saturated rings. The number of ketones is 2. The Morgan fingerprint density at radius 3 is 2.38 bits per heavy atom. The van der Waals surface area contributed by atoms with E-state index >= 15 is 0 Å². The fourth-order valence-electron chi connectivity index (χ4n) is 8.26. The highest BCUT2D eigenvalue weighted by Crippen LogP contribution is 2.63. The topological polar surface area (TPSA) is 245 Å². The number of aromatic amines is 1. The van der Waals surface area contributed by atoms with Gasteiger partial charge in [0.25, 0.3) is 11.8 Å². The highest BCUT2D eigenvalue weighted by molar-refractivity contribution is 6.25. The third kappa shape index (κ3) is 4.64. The Hall–Kier alpha value is -5.80. The number of aromatic hydroxyl groups is 1. The van der Waals surface area contributed by atoms with Crippen LogP contribution >= 0.6 is 0 Å². The Bertz CT molecular complexity index is 2100. The number of nitrogens with zero attached hydrogens (tertiary/aromatic N) is 2. The number of methoxy groups -OCH3 is 1. The number of benzene rings is 2. The highest BCUT2D eigenvalue weighted by atomic mass is 16.5. The van der Waals surface area contributed by atoms with Crippen LogP contribution in [0.25, 0.3) is 16.9 Å². The Labute approximate surface area is 285 Å². The fraction of sp³-hybridized carbons (Fsp3) is 0.314. The van der Waals surface area contributed by atoms with Crippen molar-refractivity contribution in [3.8, 4) is 16.9 Å². The van der Waals surface area contributed by atoms with Gasteiger partial charge in [-0.1, -0.05) is 19.9 Å². The molecule has 0 bridgehead atoms. The predicted octanol–water partition coefficient (Wildman–Crippen LogP) is 2.17. The third-order valence-electron chi connectivity index (χ3n) is 10.2. The monoisotopic (exact) mass is 685 g/mol. The van der Waals surface area contributed by atoms with Crippen LogP contribution in [-0.4, -0.2) is 97.7 Å². The minimum absolute atomic E-state index is 0.0390. The molecule has 4 atom stereocenters. The normalized spacial score (nSPS) is 25.9. The maximum Gasteiger partial charge on any atom is 0.337 e. The number of phenolic OH excluding ortho intramolecular Hbond substituents is 1. The van der Waals surface area contributed by atoms with Crippen molar-refractivity contribution in [2.75, 3.05) is 26.5 Å². The number of fused-ring (bicyclic) bond motifs is 3. The summed E-state index contributed by atoms with van der Waals surface area (Å²) in [5, 5.41) is 55.5. The third-order valence-corrected chi connectivity index (χ3v) is 10.2. The number of aliphatic hydroxyl groups excluding tert-OH is 2. The number of Topliss-reactive ketones (excluding diaryl/α,β-unsaturated/α-hetero) is 2. The number of nitrogens with one attached hydrogen (secondary N) is 2. The fourth-order valence-corrected chi connectivity index (χ4v) is 8.26. The molecular formula is C35H35N5O10. The summed E-state index contributed by atoms with van der Waals surface area (Å²) in [4.78, 5) is 67.7. The Morgan fingerprint density at radius 1 is 1.08 bits per heavy atom. The molecule has 2 aromatic carbocycles. The van der Waals surface area contributed by atoms with E-state index in [-0.39, 0.29) is 40.9 Å². The van der Waals surface area contributed by atoms with Gasteiger partial charge in [0.15, 0.2) is 11.4 Å². The summed E-state index contributed by atoms with van der Waals surface area (Å²) in [6.07, 6.45) is 1.19. The average Bonchev–Trinajstić information content (AvgIpc) is 3.57. The quantitative estimate of drug-likeness (QED) is 0.146. The van der Waals surface area contributed by atoms with Gasteiger partial charge in [-0.25, -0.2) is 4.79 Å². The highest BCUT2D eigenvalue weighted by Gasteiger charge is 2.72. The molecule has 50 heavy (non-hydrogen) atoms. The summed E-state index contributed by atoms with van der Waals surface area (Å²) in [7, 11) is 4.24. The van der Waals surface area contributed by atoms with E-state index in [0.29, 0.717) is 16.7 Å². The molecule has 0 unspecified atom stereocenters. The zero-order chi connectivity index (χ0) is 36.7. The molecule has 3 aliphatic rings. The molecule has 15 heteroatoms. The largest absolute Gasteiger partial charge is 0.508 e. The summed E-state index contributed by atoms with van der Waals surface area (Å²) in [5.74, 6) is -6.92. The number of ether oxygens (including phenoxy) is 1. The van der Waals surface area contributed by atoms with Crippen LogP contribution in [0.1, 0.15) is 52.2 Å². The molecule has 260 valence electrons. The molecular weight excluding hydrogens is 650 g/mol. The van der Waals surface area contributed by atoms with Crippen molar-refractivity contribution in [3.63, 3.8) is 0 Å². The molecule has 15 nitrogen and oxygen atoms in total. The van der Waals surface area contributed by atoms with Gasteiger partial charge in [-0.15, -0.1) is 0 Å². The first-order chi connectivity index (χ1) is 23.4. The van der Waals surface area contributed by atoms with Crippen LogP contribution in [0.2, 0.25) is 0 Å². The second kappa shape index (κ2) is 11.4. The number of hydrogen-bond donors (Lipinski definition) is 7. The summed E-state index contributed by atoms with van der Waals surface area (Å²) in [5.41, 5.74) is -0.294. The lowest BCUT2D eigenvalue weighted by molar-refractivity contribution is -0.176. The number of rotatable bonds is 6. The number of likely N-dealkylation sites (N-methyl/N-ethyl adjacent to an activating group) is 1. The molecule has 1 aromatic heterocycles. The lowest BCUT2D eigenvalue weighted by atomic mass is 9.46. The Kier molecular flexibility index (Phi) is 7.76. The number of esters is 1. The van der Waals surface area contributed by atoms with E-state index in [9.17, 15) is 44.4 Å². The van der Waals surface area contributed by atoms with Crippen molar-refractivity contribution in [2.45, 2.75) is 38.3 Å². The number of carbonyl (C=O) groups is 5. The van der Waals surface area contributed by atoms with Crippen LogP contribution in [-0.2, 0) is 25.5 Å². The van der Waals surface area contributed by atoms with Gasteiger partial charge in [0.05, 0.1) is 24.3 Å². The van der Waals surface area contributed by atoms with E-state index < -0.39 is 74.7 Å². The summed E-state index contributed by atoms with van der Waals surface area (Å²) in [6.45, 7) is 3.11. The van der Waals surface area contributed by atoms with Gasteiger partial charge in [-0.2, -0.15) is 5.10 Å².